The van der Waals surface area contributed by atoms with Crippen LogP contribution in [0.1, 0.15) is 39.0 Å². The minimum Gasteiger partial charge on any atom is -0.380 e. The molecule has 3 rings (SSSR count). The second kappa shape index (κ2) is 5.81. The summed E-state index contributed by atoms with van der Waals surface area (Å²) in [5.74, 6) is 0. The molecular weight excluding hydrogens is 311 g/mol. The Kier molecular flexibility index (Phi) is 4.25. The van der Waals surface area contributed by atoms with Crippen LogP contribution in [0.15, 0.2) is 0 Å². The van der Waals surface area contributed by atoms with Crippen molar-refractivity contribution in [2.75, 3.05) is 19.6 Å². The summed E-state index contributed by atoms with van der Waals surface area (Å²) in [5.41, 5.74) is -2.66. The molecule has 0 spiro atoms. The van der Waals surface area contributed by atoms with Gasteiger partial charge in [-0.15, -0.1) is 0 Å². The number of nitrogens with zero attached hydrogens (tertiary/aromatic N) is 2. The van der Waals surface area contributed by atoms with Crippen molar-refractivity contribution in [2.24, 2.45) is 0 Å². The zero-order valence-corrected chi connectivity index (χ0v) is 13.3. The first-order valence-electron chi connectivity index (χ1n) is 8.30. The minimum atomic E-state index is -4.64. The van der Waals surface area contributed by atoms with Gasteiger partial charge < -0.3 is 15.3 Å². The Balaban J connectivity index is 1.49. The van der Waals surface area contributed by atoms with Crippen molar-refractivity contribution in [1.82, 2.24) is 15.1 Å². The highest BCUT2D eigenvalue weighted by Gasteiger charge is 2.55. The number of nitrogens with one attached hydrogen (secondary N) is 1. The number of amides is 2. The van der Waals surface area contributed by atoms with Crippen molar-refractivity contribution in [2.45, 2.75) is 68.9 Å². The number of aliphatic hydroxyl groups is 1. The lowest BCUT2D eigenvalue weighted by atomic mass is 9.91. The van der Waals surface area contributed by atoms with Gasteiger partial charge in [0.05, 0.1) is 0 Å². The van der Waals surface area contributed by atoms with E-state index in [0.717, 1.165) is 13.0 Å². The first kappa shape index (κ1) is 16.8. The largest absolute Gasteiger partial charge is 0.417 e. The average molecular weight is 335 g/mol. The van der Waals surface area contributed by atoms with Crippen molar-refractivity contribution in [3.8, 4) is 0 Å². The first-order chi connectivity index (χ1) is 10.7. The van der Waals surface area contributed by atoms with E-state index in [1.807, 2.05) is 0 Å². The molecule has 3 aliphatic rings. The van der Waals surface area contributed by atoms with E-state index in [1.54, 1.807) is 0 Å². The molecule has 1 saturated carbocycles. The van der Waals surface area contributed by atoms with Crippen LogP contribution in [-0.4, -0.2) is 70.5 Å². The molecule has 0 aromatic rings. The third-order valence-electron chi connectivity index (χ3n) is 5.37. The van der Waals surface area contributed by atoms with Crippen LogP contribution in [0.4, 0.5) is 18.0 Å². The number of alkyl halides is 3. The lowest BCUT2D eigenvalue weighted by molar-refractivity contribution is -0.271. The molecule has 0 bridgehead atoms. The minimum absolute atomic E-state index is 0.0570. The van der Waals surface area contributed by atoms with E-state index in [0.29, 0.717) is 12.1 Å². The fraction of sp³-hybridized carbons (Fsp3) is 0.933. The molecule has 0 radical (unpaired) electrons. The fourth-order valence-electron chi connectivity index (χ4n) is 3.70. The molecule has 3 fully saturated rings. The summed E-state index contributed by atoms with van der Waals surface area (Å²) in [7, 11) is 0. The lowest BCUT2D eigenvalue weighted by Crippen LogP contribution is -2.56. The normalized spacial score (nSPS) is 32.1. The van der Waals surface area contributed by atoms with Gasteiger partial charge in [0, 0.05) is 50.6 Å². The van der Waals surface area contributed by atoms with Crippen LogP contribution >= 0.6 is 0 Å². The van der Waals surface area contributed by atoms with Crippen molar-refractivity contribution in [3.05, 3.63) is 0 Å². The van der Waals surface area contributed by atoms with Crippen molar-refractivity contribution in [3.63, 3.8) is 0 Å². The van der Waals surface area contributed by atoms with Crippen LogP contribution in [0.3, 0.4) is 0 Å². The lowest BCUT2D eigenvalue weighted by Gasteiger charge is -2.39. The number of carbonyl (C=O) groups excluding carboxylic acids is 1. The Morgan fingerprint density at radius 1 is 1.26 bits per heavy atom. The Morgan fingerprint density at radius 3 is 2.39 bits per heavy atom. The van der Waals surface area contributed by atoms with Gasteiger partial charge in [-0.05, 0) is 26.2 Å². The molecular formula is C15H24F3N3O2. The molecule has 2 unspecified atom stereocenters. The van der Waals surface area contributed by atoms with E-state index < -0.39 is 24.6 Å². The summed E-state index contributed by atoms with van der Waals surface area (Å²) in [6, 6.07) is 0.818. The van der Waals surface area contributed by atoms with Gasteiger partial charge in [-0.1, -0.05) is 0 Å². The van der Waals surface area contributed by atoms with Gasteiger partial charge >= 0.3 is 12.2 Å². The maximum Gasteiger partial charge on any atom is 0.417 e. The van der Waals surface area contributed by atoms with Crippen LogP contribution in [0.2, 0.25) is 0 Å². The summed E-state index contributed by atoms with van der Waals surface area (Å²) in [5, 5.41) is 12.6. The van der Waals surface area contributed by atoms with Crippen molar-refractivity contribution < 1.29 is 23.1 Å². The monoisotopic (exact) mass is 335 g/mol. The van der Waals surface area contributed by atoms with Gasteiger partial charge in [-0.2, -0.15) is 13.2 Å². The highest BCUT2D eigenvalue weighted by atomic mass is 19.4. The van der Waals surface area contributed by atoms with Crippen molar-refractivity contribution in [1.29, 1.82) is 0 Å². The number of carbonyl (C=O) groups is 1. The van der Waals surface area contributed by atoms with E-state index in [2.05, 4.69) is 17.1 Å². The molecule has 132 valence electrons. The van der Waals surface area contributed by atoms with Gasteiger partial charge in [0.1, 0.15) is 0 Å². The quantitative estimate of drug-likeness (QED) is 0.808. The summed E-state index contributed by atoms with van der Waals surface area (Å²) in [6.45, 7) is 2.82. The highest BCUT2D eigenvalue weighted by molar-refractivity contribution is 5.74. The average Bonchev–Trinajstić information content (AvgIpc) is 3.23. The van der Waals surface area contributed by atoms with Crippen LogP contribution in [0, 0.1) is 0 Å². The van der Waals surface area contributed by atoms with E-state index in [4.69, 9.17) is 0 Å². The third kappa shape index (κ3) is 3.42. The molecule has 23 heavy (non-hydrogen) atoms. The first-order valence-corrected chi connectivity index (χ1v) is 8.30. The predicted octanol–water partition coefficient (Wildman–Crippen LogP) is 1.71. The Morgan fingerprint density at radius 2 is 1.87 bits per heavy atom. The highest BCUT2D eigenvalue weighted by Crippen LogP contribution is 2.38. The fourth-order valence-corrected chi connectivity index (χ4v) is 3.70. The van der Waals surface area contributed by atoms with Gasteiger partial charge in [0.2, 0.25) is 0 Å². The van der Waals surface area contributed by atoms with Crippen LogP contribution < -0.4 is 5.32 Å². The summed E-state index contributed by atoms with van der Waals surface area (Å²) in [6.07, 6.45) is -2.25. The van der Waals surface area contributed by atoms with E-state index in [1.165, 1.54) is 17.7 Å². The smallest absolute Gasteiger partial charge is 0.380 e. The number of hydrogen-bond donors (Lipinski definition) is 2. The predicted molar refractivity (Wildman–Crippen MR) is 77.9 cm³/mol. The van der Waals surface area contributed by atoms with Crippen LogP contribution in [0.25, 0.3) is 0 Å². The summed E-state index contributed by atoms with van der Waals surface area (Å²) < 4.78 is 38.3. The van der Waals surface area contributed by atoms with E-state index in [9.17, 15) is 23.1 Å². The van der Waals surface area contributed by atoms with Crippen LogP contribution in [0.5, 0.6) is 0 Å². The Labute approximate surface area is 133 Å². The number of piperidine rings is 1. The molecule has 0 aromatic carbocycles. The summed E-state index contributed by atoms with van der Waals surface area (Å²) >= 11 is 0. The second-order valence-electron chi connectivity index (χ2n) is 7.18. The molecule has 2 aliphatic heterocycles. The third-order valence-corrected chi connectivity index (χ3v) is 5.37. The van der Waals surface area contributed by atoms with Crippen molar-refractivity contribution >= 4 is 6.03 Å². The maximum absolute atomic E-state index is 12.8. The molecule has 1 aliphatic carbocycles. The van der Waals surface area contributed by atoms with Gasteiger partial charge in [-0.25, -0.2) is 4.79 Å². The summed E-state index contributed by atoms with van der Waals surface area (Å²) in [4.78, 5) is 16.0. The maximum atomic E-state index is 12.8. The SMILES string of the molecule is CC1CC(NC(=O)N2CCC(O)(C(F)(F)F)CC2)CN1C1CC1. The van der Waals surface area contributed by atoms with Gasteiger partial charge in [0.25, 0.3) is 0 Å². The molecule has 0 aromatic heterocycles. The zero-order chi connectivity index (χ0) is 16.8. The number of hydrogen-bond acceptors (Lipinski definition) is 3. The molecule has 2 heterocycles. The molecule has 2 N–H and O–H groups in total. The Hall–Kier alpha value is -1.02. The number of rotatable bonds is 2. The van der Waals surface area contributed by atoms with Crippen LogP contribution in [-0.2, 0) is 0 Å². The number of halogens is 3. The molecule has 2 amide bonds. The second-order valence-corrected chi connectivity index (χ2v) is 7.18. The van der Waals surface area contributed by atoms with E-state index >= 15 is 0 Å². The van der Waals surface area contributed by atoms with Gasteiger partial charge in [0.15, 0.2) is 5.60 Å². The standard InChI is InChI=1S/C15H24F3N3O2/c1-10-8-11(9-21(10)12-2-3-12)19-13(22)20-6-4-14(23,5-7-20)15(16,17)18/h10-12,23H,2-9H2,1H3,(H,19,22). The molecule has 2 atom stereocenters. The topological polar surface area (TPSA) is 55.8 Å². The molecule has 8 heteroatoms. The number of likely N-dealkylation sites (tertiary alicyclic amines) is 2. The molecule has 2 saturated heterocycles. The number of urea groups is 1. The van der Waals surface area contributed by atoms with E-state index in [-0.39, 0.29) is 25.2 Å². The molecule has 5 nitrogen and oxygen atoms in total. The Bertz CT molecular complexity index is 459. The van der Waals surface area contributed by atoms with Gasteiger partial charge in [-0.3, -0.25) is 4.90 Å². The zero-order valence-electron chi connectivity index (χ0n) is 13.3.